The summed E-state index contributed by atoms with van der Waals surface area (Å²) in [7, 11) is 0. The van der Waals surface area contributed by atoms with Crippen molar-refractivity contribution in [1.29, 1.82) is 0 Å². The van der Waals surface area contributed by atoms with Gasteiger partial charge in [-0.25, -0.2) is 9.59 Å². The monoisotopic (exact) mass is 283 g/mol. The van der Waals surface area contributed by atoms with Crippen LogP contribution in [0.1, 0.15) is 26.2 Å². The topological polar surface area (TPSA) is 121 Å². The summed E-state index contributed by atoms with van der Waals surface area (Å²) in [5, 5.41) is 11.3. The molecule has 8 heteroatoms. The van der Waals surface area contributed by atoms with Gasteiger partial charge in [0.1, 0.15) is 6.04 Å². The number of hydrogen-bond acceptors (Lipinski definition) is 4. The maximum Gasteiger partial charge on any atom is 0.328 e. The van der Waals surface area contributed by atoms with Crippen LogP contribution in [-0.4, -0.2) is 32.6 Å². The number of carbonyl (C=O) groups excluding carboxylic acids is 1. The highest BCUT2D eigenvalue weighted by atomic mass is 16.4. The summed E-state index contributed by atoms with van der Waals surface area (Å²) in [6.07, 6.45) is 2.23. The summed E-state index contributed by atoms with van der Waals surface area (Å²) in [4.78, 5) is 46.8. The lowest BCUT2D eigenvalue weighted by Gasteiger charge is -2.13. The molecule has 1 rings (SSSR count). The van der Waals surface area contributed by atoms with Gasteiger partial charge in [-0.3, -0.25) is 14.6 Å². The van der Waals surface area contributed by atoms with Gasteiger partial charge in [0.15, 0.2) is 0 Å². The van der Waals surface area contributed by atoms with E-state index >= 15 is 0 Å². The maximum atomic E-state index is 11.6. The second kappa shape index (κ2) is 7.27. The Labute approximate surface area is 114 Å². The number of carboxylic acid groups (broad SMARTS) is 1. The molecule has 0 bridgehead atoms. The molecule has 0 saturated heterocycles. The third-order valence-electron chi connectivity index (χ3n) is 2.69. The van der Waals surface area contributed by atoms with Crippen LogP contribution < -0.4 is 16.6 Å². The third kappa shape index (κ3) is 4.71. The van der Waals surface area contributed by atoms with Gasteiger partial charge >= 0.3 is 11.7 Å². The van der Waals surface area contributed by atoms with Crippen molar-refractivity contribution >= 4 is 11.9 Å². The number of carboxylic acids is 1. The normalized spacial score (nSPS) is 11.8. The van der Waals surface area contributed by atoms with Crippen molar-refractivity contribution in [2.75, 3.05) is 0 Å². The van der Waals surface area contributed by atoms with Crippen molar-refractivity contribution in [3.05, 3.63) is 33.1 Å². The molecule has 0 saturated carbocycles. The molecule has 0 aromatic carbocycles. The van der Waals surface area contributed by atoms with Crippen LogP contribution in [0.25, 0.3) is 0 Å². The van der Waals surface area contributed by atoms with Crippen molar-refractivity contribution < 1.29 is 14.7 Å². The van der Waals surface area contributed by atoms with E-state index in [1.54, 1.807) is 0 Å². The molecule has 1 aromatic rings. The van der Waals surface area contributed by atoms with Gasteiger partial charge < -0.3 is 15.0 Å². The van der Waals surface area contributed by atoms with E-state index in [9.17, 15) is 19.2 Å². The molecular formula is C12H17N3O5. The number of H-pyrrole nitrogens is 1. The first kappa shape index (κ1) is 15.7. The van der Waals surface area contributed by atoms with E-state index in [0.717, 1.165) is 0 Å². The smallest absolute Gasteiger partial charge is 0.328 e. The number of nitrogens with zero attached hydrogens (tertiary/aromatic N) is 1. The third-order valence-corrected chi connectivity index (χ3v) is 2.69. The molecule has 8 nitrogen and oxygen atoms in total. The van der Waals surface area contributed by atoms with Crippen molar-refractivity contribution in [1.82, 2.24) is 14.9 Å². The molecule has 3 N–H and O–H groups in total. The molecule has 0 fully saturated rings. The number of aryl methyl sites for hydroxylation is 1. The molecule has 20 heavy (non-hydrogen) atoms. The minimum absolute atomic E-state index is 0.0422. The van der Waals surface area contributed by atoms with Gasteiger partial charge in [0, 0.05) is 25.2 Å². The van der Waals surface area contributed by atoms with Gasteiger partial charge in [0.25, 0.3) is 5.56 Å². The number of aromatic amines is 1. The van der Waals surface area contributed by atoms with Gasteiger partial charge in [-0.1, -0.05) is 13.3 Å². The molecule has 1 amide bonds. The second-order valence-corrected chi connectivity index (χ2v) is 4.30. The van der Waals surface area contributed by atoms with Crippen LogP contribution in [0.2, 0.25) is 0 Å². The second-order valence-electron chi connectivity index (χ2n) is 4.30. The average Bonchev–Trinajstić information content (AvgIpc) is 2.37. The lowest BCUT2D eigenvalue weighted by Crippen LogP contribution is -2.41. The fourth-order valence-corrected chi connectivity index (χ4v) is 1.65. The molecule has 1 aromatic heterocycles. The number of carbonyl (C=O) groups is 2. The Morgan fingerprint density at radius 3 is 2.70 bits per heavy atom. The van der Waals surface area contributed by atoms with Crippen molar-refractivity contribution in [2.24, 2.45) is 0 Å². The van der Waals surface area contributed by atoms with Crippen LogP contribution in [0.5, 0.6) is 0 Å². The lowest BCUT2D eigenvalue weighted by molar-refractivity contribution is -0.142. The maximum absolute atomic E-state index is 11.6. The fraction of sp³-hybridized carbons (Fsp3) is 0.500. The SMILES string of the molecule is CCCC(NC(=O)CCn1ccc(=O)[nH]c1=O)C(=O)O. The van der Waals surface area contributed by atoms with E-state index in [2.05, 4.69) is 10.3 Å². The Morgan fingerprint density at radius 1 is 1.45 bits per heavy atom. The Bertz CT molecular complexity index is 589. The van der Waals surface area contributed by atoms with Crippen LogP contribution in [0.15, 0.2) is 21.9 Å². The quantitative estimate of drug-likeness (QED) is 0.610. The van der Waals surface area contributed by atoms with E-state index in [1.807, 2.05) is 6.92 Å². The highest BCUT2D eigenvalue weighted by Gasteiger charge is 2.18. The summed E-state index contributed by atoms with van der Waals surface area (Å²) in [5.41, 5.74) is -1.11. The highest BCUT2D eigenvalue weighted by molar-refractivity contribution is 5.83. The summed E-state index contributed by atoms with van der Waals surface area (Å²) in [5.74, 6) is -1.54. The van der Waals surface area contributed by atoms with E-state index in [-0.39, 0.29) is 13.0 Å². The molecule has 0 spiro atoms. The number of amides is 1. The zero-order valence-corrected chi connectivity index (χ0v) is 11.1. The van der Waals surface area contributed by atoms with Crippen molar-refractivity contribution in [3.63, 3.8) is 0 Å². The average molecular weight is 283 g/mol. The molecule has 110 valence electrons. The van der Waals surface area contributed by atoms with E-state index in [0.29, 0.717) is 12.8 Å². The van der Waals surface area contributed by atoms with E-state index < -0.39 is 29.2 Å². The Morgan fingerprint density at radius 2 is 2.15 bits per heavy atom. The van der Waals surface area contributed by atoms with Gasteiger partial charge in [-0.15, -0.1) is 0 Å². The minimum Gasteiger partial charge on any atom is -0.480 e. The lowest BCUT2D eigenvalue weighted by atomic mass is 10.1. The molecule has 1 heterocycles. The Kier molecular flexibility index (Phi) is 5.70. The molecular weight excluding hydrogens is 266 g/mol. The van der Waals surface area contributed by atoms with Crippen molar-refractivity contribution in [3.8, 4) is 0 Å². The number of aliphatic carboxylic acids is 1. The molecule has 0 aliphatic rings. The summed E-state index contributed by atoms with van der Waals surface area (Å²) >= 11 is 0. The van der Waals surface area contributed by atoms with Gasteiger partial charge in [-0.2, -0.15) is 0 Å². The summed E-state index contributed by atoms with van der Waals surface area (Å²) in [6.45, 7) is 1.89. The first-order chi connectivity index (χ1) is 9.43. The van der Waals surface area contributed by atoms with Crippen LogP contribution in [-0.2, 0) is 16.1 Å². The highest BCUT2D eigenvalue weighted by Crippen LogP contribution is 1.98. The summed E-state index contributed by atoms with van der Waals surface area (Å²) in [6, 6.07) is 0.260. The molecule has 1 unspecified atom stereocenters. The predicted octanol–water partition coefficient (Wildman–Crippen LogP) is -0.704. The van der Waals surface area contributed by atoms with Crippen molar-refractivity contribution in [2.45, 2.75) is 38.8 Å². The predicted molar refractivity (Wildman–Crippen MR) is 70.4 cm³/mol. The molecule has 0 radical (unpaired) electrons. The first-order valence-corrected chi connectivity index (χ1v) is 6.26. The number of rotatable bonds is 7. The van der Waals surface area contributed by atoms with Crippen LogP contribution >= 0.6 is 0 Å². The van der Waals surface area contributed by atoms with Gasteiger partial charge in [0.2, 0.25) is 5.91 Å². The number of hydrogen-bond donors (Lipinski definition) is 3. The Hall–Kier alpha value is -2.38. The molecule has 0 aliphatic heterocycles. The first-order valence-electron chi connectivity index (χ1n) is 6.26. The minimum atomic E-state index is -1.08. The van der Waals surface area contributed by atoms with E-state index in [4.69, 9.17) is 5.11 Å². The van der Waals surface area contributed by atoms with Crippen LogP contribution in [0.4, 0.5) is 0 Å². The number of aromatic nitrogens is 2. The van der Waals surface area contributed by atoms with Crippen LogP contribution in [0, 0.1) is 0 Å². The molecule has 0 aliphatic carbocycles. The van der Waals surface area contributed by atoms with E-state index in [1.165, 1.54) is 16.8 Å². The number of nitrogens with one attached hydrogen (secondary N) is 2. The van der Waals surface area contributed by atoms with Gasteiger partial charge in [-0.05, 0) is 6.42 Å². The largest absolute Gasteiger partial charge is 0.480 e. The molecule has 1 atom stereocenters. The van der Waals surface area contributed by atoms with Gasteiger partial charge in [0.05, 0.1) is 0 Å². The Balaban J connectivity index is 2.56. The van der Waals surface area contributed by atoms with Crippen LogP contribution in [0.3, 0.4) is 0 Å². The zero-order valence-electron chi connectivity index (χ0n) is 11.1. The zero-order chi connectivity index (χ0) is 15.1. The fourth-order valence-electron chi connectivity index (χ4n) is 1.65. The standard InChI is InChI=1S/C12H17N3O5/c1-2-3-8(11(18)19)13-9(16)4-6-15-7-5-10(17)14-12(15)20/h5,7-8H,2-4,6H2,1H3,(H,13,16)(H,18,19)(H,14,17,20). The summed E-state index contributed by atoms with van der Waals surface area (Å²) < 4.78 is 1.18.